The fourth-order valence-electron chi connectivity index (χ4n) is 4.28. The van der Waals surface area contributed by atoms with Gasteiger partial charge >= 0.3 is 0 Å². The first-order valence-electron chi connectivity index (χ1n) is 7.35. The van der Waals surface area contributed by atoms with Gasteiger partial charge in [-0.2, -0.15) is 0 Å². The topological polar surface area (TPSA) is 15.3 Å². The molecule has 0 aromatic rings. The number of rotatable bonds is 3. The highest BCUT2D eigenvalue weighted by Gasteiger charge is 2.42. The van der Waals surface area contributed by atoms with Gasteiger partial charge in [-0.3, -0.25) is 0 Å². The molecule has 4 unspecified atom stereocenters. The molecular formula is C15H30N2. The van der Waals surface area contributed by atoms with Gasteiger partial charge in [-0.05, 0) is 50.5 Å². The Bertz CT molecular complexity index is 262. The summed E-state index contributed by atoms with van der Waals surface area (Å²) in [5.74, 6) is 1.75. The smallest absolute Gasteiger partial charge is 0.0156 e. The number of likely N-dealkylation sites (tertiary alicyclic amines) is 1. The van der Waals surface area contributed by atoms with E-state index in [9.17, 15) is 0 Å². The van der Waals surface area contributed by atoms with Crippen molar-refractivity contribution < 1.29 is 0 Å². The van der Waals surface area contributed by atoms with Crippen molar-refractivity contribution in [3.8, 4) is 0 Å². The second kappa shape index (κ2) is 4.89. The molecule has 0 aromatic heterocycles. The zero-order valence-electron chi connectivity index (χ0n) is 12.3. The minimum absolute atomic E-state index is 0.480. The zero-order chi connectivity index (χ0) is 12.6. The minimum Gasteiger partial charge on any atom is -0.316 e. The normalized spacial score (nSPS) is 42.2. The molecule has 1 N–H and O–H groups in total. The largest absolute Gasteiger partial charge is 0.316 e. The number of nitrogens with zero attached hydrogens (tertiary/aromatic N) is 1. The average Bonchev–Trinajstić information content (AvgIpc) is 2.68. The van der Waals surface area contributed by atoms with Gasteiger partial charge < -0.3 is 10.2 Å². The Labute approximate surface area is 107 Å². The van der Waals surface area contributed by atoms with Crippen LogP contribution in [0.2, 0.25) is 0 Å². The van der Waals surface area contributed by atoms with Crippen LogP contribution in [-0.4, -0.2) is 37.1 Å². The first-order valence-corrected chi connectivity index (χ1v) is 7.35. The van der Waals surface area contributed by atoms with Gasteiger partial charge in [-0.25, -0.2) is 0 Å². The Balaban J connectivity index is 1.95. The first-order chi connectivity index (χ1) is 7.94. The third-order valence-corrected chi connectivity index (χ3v) is 5.17. The van der Waals surface area contributed by atoms with Crippen LogP contribution >= 0.6 is 0 Å². The van der Waals surface area contributed by atoms with Crippen molar-refractivity contribution in [2.75, 3.05) is 20.1 Å². The van der Waals surface area contributed by atoms with E-state index in [1.54, 1.807) is 0 Å². The Hall–Kier alpha value is -0.0800. The maximum atomic E-state index is 3.58. The van der Waals surface area contributed by atoms with E-state index in [1.807, 2.05) is 0 Å². The van der Waals surface area contributed by atoms with Crippen LogP contribution in [0.1, 0.15) is 47.0 Å². The number of nitrogens with one attached hydrogen (secondary N) is 1. The van der Waals surface area contributed by atoms with Gasteiger partial charge in [0, 0.05) is 25.2 Å². The lowest BCUT2D eigenvalue weighted by Crippen LogP contribution is -2.44. The molecule has 0 amide bonds. The van der Waals surface area contributed by atoms with E-state index >= 15 is 0 Å². The first kappa shape index (κ1) is 13.4. The maximum absolute atomic E-state index is 3.58. The van der Waals surface area contributed by atoms with Crippen molar-refractivity contribution in [3.05, 3.63) is 0 Å². The molecule has 2 rings (SSSR count). The number of hydrogen-bond acceptors (Lipinski definition) is 2. The summed E-state index contributed by atoms with van der Waals surface area (Å²) in [5, 5.41) is 3.58. The predicted molar refractivity (Wildman–Crippen MR) is 74.2 cm³/mol. The summed E-state index contributed by atoms with van der Waals surface area (Å²) >= 11 is 0. The van der Waals surface area contributed by atoms with Gasteiger partial charge in [-0.15, -0.1) is 0 Å². The maximum Gasteiger partial charge on any atom is 0.0156 e. The zero-order valence-corrected chi connectivity index (χ0v) is 12.3. The Kier molecular flexibility index (Phi) is 3.84. The standard InChI is InChI=1S/C15H30N2/c1-11-8-12(2)17(9-11)10-13-6-7-15(3,4)14(13)16-5/h11-14,16H,6-10H2,1-5H3. The monoisotopic (exact) mass is 238 g/mol. The van der Waals surface area contributed by atoms with E-state index in [-0.39, 0.29) is 0 Å². The average molecular weight is 238 g/mol. The Morgan fingerprint density at radius 3 is 2.53 bits per heavy atom. The van der Waals surface area contributed by atoms with Gasteiger partial charge in [0.25, 0.3) is 0 Å². The van der Waals surface area contributed by atoms with E-state index < -0.39 is 0 Å². The molecule has 1 heterocycles. The van der Waals surface area contributed by atoms with Gasteiger partial charge in [0.1, 0.15) is 0 Å². The van der Waals surface area contributed by atoms with Crippen LogP contribution in [0.5, 0.6) is 0 Å². The second-order valence-electron chi connectivity index (χ2n) is 7.20. The van der Waals surface area contributed by atoms with Crippen molar-refractivity contribution in [1.82, 2.24) is 10.2 Å². The van der Waals surface area contributed by atoms with E-state index in [0.29, 0.717) is 11.5 Å². The van der Waals surface area contributed by atoms with Crippen LogP contribution in [0.25, 0.3) is 0 Å². The molecule has 4 atom stereocenters. The third kappa shape index (κ3) is 2.68. The molecule has 2 nitrogen and oxygen atoms in total. The molecule has 0 radical (unpaired) electrons. The Morgan fingerprint density at radius 2 is 2.00 bits per heavy atom. The van der Waals surface area contributed by atoms with Crippen molar-refractivity contribution in [3.63, 3.8) is 0 Å². The molecule has 17 heavy (non-hydrogen) atoms. The quantitative estimate of drug-likeness (QED) is 0.813. The molecule has 0 aromatic carbocycles. The van der Waals surface area contributed by atoms with Crippen LogP contribution in [-0.2, 0) is 0 Å². The molecular weight excluding hydrogens is 208 g/mol. The summed E-state index contributed by atoms with van der Waals surface area (Å²) in [5.41, 5.74) is 0.480. The minimum atomic E-state index is 0.480. The molecule has 2 fully saturated rings. The van der Waals surface area contributed by atoms with E-state index in [2.05, 4.69) is 45.0 Å². The van der Waals surface area contributed by atoms with Crippen LogP contribution in [0.3, 0.4) is 0 Å². The lowest BCUT2D eigenvalue weighted by molar-refractivity contribution is 0.183. The van der Waals surface area contributed by atoms with Gasteiger partial charge in [0.05, 0.1) is 0 Å². The Morgan fingerprint density at radius 1 is 1.29 bits per heavy atom. The highest BCUT2D eigenvalue weighted by atomic mass is 15.2. The molecule has 1 saturated carbocycles. The van der Waals surface area contributed by atoms with Crippen molar-refractivity contribution >= 4 is 0 Å². The van der Waals surface area contributed by atoms with E-state index in [4.69, 9.17) is 0 Å². The van der Waals surface area contributed by atoms with Gasteiger partial charge in [0.2, 0.25) is 0 Å². The summed E-state index contributed by atoms with van der Waals surface area (Å²) in [6.07, 6.45) is 4.16. The summed E-state index contributed by atoms with van der Waals surface area (Å²) in [4.78, 5) is 2.72. The van der Waals surface area contributed by atoms with E-state index in [0.717, 1.165) is 17.9 Å². The van der Waals surface area contributed by atoms with Gasteiger partial charge in [-0.1, -0.05) is 20.8 Å². The molecule has 0 bridgehead atoms. The predicted octanol–water partition coefficient (Wildman–Crippen LogP) is 2.74. The van der Waals surface area contributed by atoms with Crippen LogP contribution in [0.15, 0.2) is 0 Å². The highest BCUT2D eigenvalue weighted by molar-refractivity contribution is 4.97. The number of hydrogen-bond donors (Lipinski definition) is 1. The lowest BCUT2D eigenvalue weighted by atomic mass is 9.85. The van der Waals surface area contributed by atoms with Crippen LogP contribution in [0.4, 0.5) is 0 Å². The molecule has 2 heteroatoms. The highest BCUT2D eigenvalue weighted by Crippen LogP contribution is 2.42. The summed E-state index contributed by atoms with van der Waals surface area (Å²) < 4.78 is 0. The lowest BCUT2D eigenvalue weighted by Gasteiger charge is -2.33. The molecule has 1 aliphatic heterocycles. The molecule has 100 valence electrons. The van der Waals surface area contributed by atoms with Crippen LogP contribution < -0.4 is 5.32 Å². The van der Waals surface area contributed by atoms with Crippen molar-refractivity contribution in [2.24, 2.45) is 17.3 Å². The molecule has 2 aliphatic rings. The fraction of sp³-hybridized carbons (Fsp3) is 1.00. The molecule has 0 spiro atoms. The molecule has 1 aliphatic carbocycles. The van der Waals surface area contributed by atoms with Crippen molar-refractivity contribution in [2.45, 2.75) is 59.0 Å². The third-order valence-electron chi connectivity index (χ3n) is 5.17. The van der Waals surface area contributed by atoms with Gasteiger partial charge in [0.15, 0.2) is 0 Å². The SMILES string of the molecule is CNC1C(CN2CC(C)CC2C)CCC1(C)C. The fourth-order valence-corrected chi connectivity index (χ4v) is 4.28. The van der Waals surface area contributed by atoms with Crippen molar-refractivity contribution in [1.29, 1.82) is 0 Å². The second-order valence-corrected chi connectivity index (χ2v) is 7.20. The van der Waals surface area contributed by atoms with E-state index in [1.165, 1.54) is 32.4 Å². The van der Waals surface area contributed by atoms with Crippen LogP contribution in [0, 0.1) is 17.3 Å². The summed E-state index contributed by atoms with van der Waals surface area (Å²) in [6.45, 7) is 12.3. The summed E-state index contributed by atoms with van der Waals surface area (Å²) in [7, 11) is 2.14. The summed E-state index contributed by atoms with van der Waals surface area (Å²) in [6, 6.07) is 1.50. The molecule has 1 saturated heterocycles.